The van der Waals surface area contributed by atoms with Crippen LogP contribution in [-0.4, -0.2) is 72.4 Å². The molecule has 166 valence electrons. The number of aliphatic hydroxyl groups is 2. The molecule has 0 aromatic heterocycles. The van der Waals surface area contributed by atoms with Gasteiger partial charge in [-0.3, -0.25) is 9.59 Å². The Kier molecular flexibility index (Phi) is 7.73. The molecular weight excluding hydrogens is 422 g/mol. The number of nitrogens with one attached hydrogen (secondary N) is 1. The van der Waals surface area contributed by atoms with Crippen molar-refractivity contribution in [3.05, 3.63) is 59.1 Å². The van der Waals surface area contributed by atoms with E-state index in [9.17, 15) is 19.8 Å². The van der Waals surface area contributed by atoms with Gasteiger partial charge < -0.3 is 30.1 Å². The van der Waals surface area contributed by atoms with E-state index >= 15 is 0 Å². The van der Waals surface area contributed by atoms with Crippen LogP contribution in [0.25, 0.3) is 0 Å². The number of hydrogen-bond donors (Lipinski definition) is 3. The minimum absolute atomic E-state index is 0.147. The number of piperazine rings is 1. The lowest BCUT2D eigenvalue weighted by Crippen LogP contribution is -2.55. The SMILES string of the molecule is COc1ccc(N2CCN(C(=O)C(O)C(O)C(=O)NCc3ccc(Cl)cc3)CC2)cc1. The van der Waals surface area contributed by atoms with E-state index in [-0.39, 0.29) is 6.54 Å². The number of carbonyl (C=O) groups excluding carboxylic acids is 2. The van der Waals surface area contributed by atoms with E-state index in [1.54, 1.807) is 31.4 Å². The Morgan fingerprint density at radius 2 is 1.61 bits per heavy atom. The number of ether oxygens (including phenoxy) is 1. The second-order valence-corrected chi connectivity index (χ2v) is 7.68. The Hall–Kier alpha value is -2.81. The van der Waals surface area contributed by atoms with Gasteiger partial charge in [-0.1, -0.05) is 23.7 Å². The van der Waals surface area contributed by atoms with Crippen molar-refractivity contribution in [2.45, 2.75) is 18.8 Å². The van der Waals surface area contributed by atoms with Crippen LogP contribution in [0.5, 0.6) is 5.75 Å². The molecule has 0 saturated carbocycles. The van der Waals surface area contributed by atoms with Gasteiger partial charge in [-0.25, -0.2) is 0 Å². The maximum atomic E-state index is 12.6. The van der Waals surface area contributed by atoms with Crippen LogP contribution in [0.2, 0.25) is 5.02 Å². The van der Waals surface area contributed by atoms with Gasteiger partial charge in [-0.15, -0.1) is 0 Å². The smallest absolute Gasteiger partial charge is 0.254 e. The second kappa shape index (κ2) is 10.5. The Morgan fingerprint density at radius 1 is 1.00 bits per heavy atom. The summed E-state index contributed by atoms with van der Waals surface area (Å²) in [6, 6.07) is 14.5. The van der Waals surface area contributed by atoms with Crippen LogP contribution in [0.3, 0.4) is 0 Å². The van der Waals surface area contributed by atoms with Gasteiger partial charge in [0, 0.05) is 43.4 Å². The zero-order valence-corrected chi connectivity index (χ0v) is 18.0. The molecular formula is C22H26ClN3O5. The molecule has 9 heteroatoms. The minimum atomic E-state index is -1.85. The van der Waals surface area contributed by atoms with E-state index in [4.69, 9.17) is 16.3 Å². The zero-order valence-electron chi connectivity index (χ0n) is 17.2. The molecule has 31 heavy (non-hydrogen) atoms. The third-order valence-corrected chi connectivity index (χ3v) is 5.48. The molecule has 2 aromatic carbocycles. The summed E-state index contributed by atoms with van der Waals surface area (Å²) in [4.78, 5) is 28.3. The van der Waals surface area contributed by atoms with Crippen LogP contribution >= 0.6 is 11.6 Å². The number of anilines is 1. The average Bonchev–Trinajstić information content (AvgIpc) is 2.82. The first-order valence-electron chi connectivity index (χ1n) is 9.95. The molecule has 0 radical (unpaired) electrons. The Labute approximate surface area is 186 Å². The molecule has 2 amide bonds. The van der Waals surface area contributed by atoms with Gasteiger partial charge in [0.15, 0.2) is 12.2 Å². The Morgan fingerprint density at radius 3 is 2.19 bits per heavy atom. The predicted molar refractivity (Wildman–Crippen MR) is 117 cm³/mol. The van der Waals surface area contributed by atoms with E-state index in [1.807, 2.05) is 24.3 Å². The van der Waals surface area contributed by atoms with Crippen LogP contribution in [0, 0.1) is 0 Å². The van der Waals surface area contributed by atoms with E-state index in [0.29, 0.717) is 31.2 Å². The standard InChI is InChI=1S/C22H26ClN3O5/c1-31-18-8-6-17(7-9-18)25-10-12-26(13-11-25)22(30)20(28)19(27)21(29)24-14-15-2-4-16(23)5-3-15/h2-9,19-20,27-28H,10-14H2,1H3,(H,24,29). The van der Waals surface area contributed by atoms with Crippen LogP contribution < -0.4 is 15.0 Å². The lowest BCUT2D eigenvalue weighted by atomic mass is 10.1. The normalized spacial score (nSPS) is 15.9. The third-order valence-electron chi connectivity index (χ3n) is 5.23. The first-order valence-corrected chi connectivity index (χ1v) is 10.3. The number of nitrogens with zero attached hydrogens (tertiary/aromatic N) is 2. The maximum Gasteiger partial charge on any atom is 0.254 e. The molecule has 1 aliphatic heterocycles. The summed E-state index contributed by atoms with van der Waals surface area (Å²) in [5.74, 6) is -0.708. The van der Waals surface area contributed by atoms with E-state index < -0.39 is 24.0 Å². The topological polar surface area (TPSA) is 102 Å². The van der Waals surface area contributed by atoms with Crippen molar-refractivity contribution in [1.29, 1.82) is 0 Å². The van der Waals surface area contributed by atoms with Gasteiger partial charge in [0.1, 0.15) is 5.75 Å². The number of methoxy groups -OCH3 is 1. The minimum Gasteiger partial charge on any atom is -0.497 e. The van der Waals surface area contributed by atoms with Crippen LogP contribution in [0.4, 0.5) is 5.69 Å². The number of aliphatic hydroxyl groups excluding tert-OH is 2. The molecule has 0 spiro atoms. The van der Waals surface area contributed by atoms with Crippen molar-refractivity contribution >= 4 is 29.1 Å². The lowest BCUT2D eigenvalue weighted by molar-refractivity contribution is -0.153. The van der Waals surface area contributed by atoms with Gasteiger partial charge in [0.05, 0.1) is 7.11 Å². The van der Waals surface area contributed by atoms with Gasteiger partial charge in [-0.05, 0) is 42.0 Å². The summed E-state index contributed by atoms with van der Waals surface area (Å²) >= 11 is 5.82. The van der Waals surface area contributed by atoms with Crippen molar-refractivity contribution in [2.24, 2.45) is 0 Å². The van der Waals surface area contributed by atoms with E-state index in [2.05, 4.69) is 10.2 Å². The maximum absolute atomic E-state index is 12.6. The predicted octanol–water partition coefficient (Wildman–Crippen LogP) is 1.04. The molecule has 2 atom stereocenters. The van der Waals surface area contributed by atoms with Crippen molar-refractivity contribution < 1.29 is 24.5 Å². The highest BCUT2D eigenvalue weighted by atomic mass is 35.5. The highest BCUT2D eigenvalue weighted by Crippen LogP contribution is 2.21. The summed E-state index contributed by atoms with van der Waals surface area (Å²) in [6.45, 7) is 2.05. The van der Waals surface area contributed by atoms with Crippen molar-refractivity contribution in [1.82, 2.24) is 10.2 Å². The first kappa shape index (κ1) is 22.9. The first-order chi connectivity index (χ1) is 14.9. The number of halogens is 1. The molecule has 2 unspecified atom stereocenters. The van der Waals surface area contributed by atoms with Gasteiger partial charge in [-0.2, -0.15) is 0 Å². The van der Waals surface area contributed by atoms with Crippen LogP contribution in [0.1, 0.15) is 5.56 Å². The summed E-state index contributed by atoms with van der Waals surface area (Å²) < 4.78 is 5.16. The largest absolute Gasteiger partial charge is 0.497 e. The summed E-state index contributed by atoms with van der Waals surface area (Å²) in [5.41, 5.74) is 1.79. The molecule has 1 saturated heterocycles. The molecule has 3 rings (SSSR count). The monoisotopic (exact) mass is 447 g/mol. The summed E-state index contributed by atoms with van der Waals surface area (Å²) in [7, 11) is 1.61. The number of hydrogen-bond acceptors (Lipinski definition) is 6. The fraction of sp³-hybridized carbons (Fsp3) is 0.364. The molecule has 0 aliphatic carbocycles. The molecule has 0 bridgehead atoms. The number of carbonyl (C=O) groups is 2. The fourth-order valence-corrected chi connectivity index (χ4v) is 3.47. The van der Waals surface area contributed by atoms with Crippen LogP contribution in [-0.2, 0) is 16.1 Å². The molecule has 3 N–H and O–H groups in total. The molecule has 1 fully saturated rings. The number of rotatable bonds is 7. The summed E-state index contributed by atoms with van der Waals surface area (Å²) in [5, 5.41) is 23.5. The fourth-order valence-electron chi connectivity index (χ4n) is 3.34. The summed E-state index contributed by atoms with van der Waals surface area (Å²) in [6.07, 6.45) is -3.67. The molecule has 8 nitrogen and oxygen atoms in total. The van der Waals surface area contributed by atoms with E-state index in [1.165, 1.54) is 4.90 Å². The highest BCUT2D eigenvalue weighted by molar-refractivity contribution is 6.30. The van der Waals surface area contributed by atoms with Crippen molar-refractivity contribution in [2.75, 3.05) is 38.2 Å². The third kappa shape index (κ3) is 5.88. The highest BCUT2D eigenvalue weighted by Gasteiger charge is 2.34. The number of amides is 2. The number of benzene rings is 2. The Bertz CT molecular complexity index is 883. The molecule has 1 heterocycles. The second-order valence-electron chi connectivity index (χ2n) is 7.24. The van der Waals surface area contributed by atoms with Gasteiger partial charge in [0.25, 0.3) is 11.8 Å². The van der Waals surface area contributed by atoms with Crippen molar-refractivity contribution in [3.63, 3.8) is 0 Å². The quantitative estimate of drug-likeness (QED) is 0.586. The van der Waals surface area contributed by atoms with Gasteiger partial charge in [0.2, 0.25) is 0 Å². The van der Waals surface area contributed by atoms with E-state index in [0.717, 1.165) is 17.0 Å². The van der Waals surface area contributed by atoms with Crippen LogP contribution in [0.15, 0.2) is 48.5 Å². The molecule has 1 aliphatic rings. The molecule has 2 aromatic rings. The van der Waals surface area contributed by atoms with Crippen molar-refractivity contribution in [3.8, 4) is 5.75 Å². The Balaban J connectivity index is 1.48. The van der Waals surface area contributed by atoms with Gasteiger partial charge >= 0.3 is 0 Å². The zero-order chi connectivity index (χ0) is 22.4. The average molecular weight is 448 g/mol. The lowest BCUT2D eigenvalue weighted by Gasteiger charge is -2.37.